The van der Waals surface area contributed by atoms with E-state index in [0.29, 0.717) is 30.8 Å². The van der Waals surface area contributed by atoms with Crippen LogP contribution in [0.5, 0.6) is 0 Å². The predicted molar refractivity (Wildman–Crippen MR) is 64.4 cm³/mol. The van der Waals surface area contributed by atoms with Gasteiger partial charge in [0.1, 0.15) is 0 Å². The Labute approximate surface area is 104 Å². The van der Waals surface area contributed by atoms with Crippen LogP contribution in [0.2, 0.25) is 0 Å². The molecule has 0 fully saturated rings. The van der Waals surface area contributed by atoms with Crippen molar-refractivity contribution in [2.75, 3.05) is 13.2 Å². The molecule has 0 aliphatic rings. The molecule has 0 unspecified atom stereocenters. The Balaban J connectivity index is 2.47. The van der Waals surface area contributed by atoms with Crippen LogP contribution < -0.4 is 0 Å². The first kappa shape index (κ1) is 12.5. The summed E-state index contributed by atoms with van der Waals surface area (Å²) in [4.78, 5) is 16.2. The Morgan fingerprint density at radius 2 is 2.39 bits per heavy atom. The van der Waals surface area contributed by atoms with Gasteiger partial charge < -0.3 is 9.84 Å². The number of carbonyl (C=O) groups is 1. The zero-order valence-electron chi connectivity index (χ0n) is 10.2. The average molecular weight is 249 g/mol. The molecule has 0 saturated heterocycles. The van der Waals surface area contributed by atoms with Crippen molar-refractivity contribution in [1.29, 1.82) is 0 Å². The zero-order chi connectivity index (χ0) is 13.0. The quantitative estimate of drug-likeness (QED) is 0.794. The van der Waals surface area contributed by atoms with Gasteiger partial charge in [-0.05, 0) is 19.8 Å². The maximum Gasteiger partial charge on any atom is 0.357 e. The van der Waals surface area contributed by atoms with Crippen molar-refractivity contribution < 1.29 is 14.6 Å². The van der Waals surface area contributed by atoms with Crippen LogP contribution in [0.3, 0.4) is 0 Å². The number of esters is 1. The van der Waals surface area contributed by atoms with E-state index in [0.717, 1.165) is 5.56 Å². The molecule has 2 aromatic heterocycles. The highest BCUT2D eigenvalue weighted by molar-refractivity contribution is 5.89. The largest absolute Gasteiger partial charge is 0.461 e. The summed E-state index contributed by atoms with van der Waals surface area (Å²) in [5.41, 5.74) is 1.73. The molecule has 2 heterocycles. The summed E-state index contributed by atoms with van der Waals surface area (Å²) in [6.07, 6.45) is 4.36. The molecule has 0 aliphatic carbocycles. The van der Waals surface area contributed by atoms with Gasteiger partial charge in [0.05, 0.1) is 12.8 Å². The Bertz CT molecular complexity index is 550. The molecule has 0 radical (unpaired) electrons. The van der Waals surface area contributed by atoms with Crippen molar-refractivity contribution in [3.8, 4) is 0 Å². The van der Waals surface area contributed by atoms with E-state index in [1.54, 1.807) is 25.4 Å². The van der Waals surface area contributed by atoms with Crippen LogP contribution >= 0.6 is 0 Å². The van der Waals surface area contributed by atoms with Crippen LogP contribution in [0.25, 0.3) is 5.65 Å². The number of hydrogen-bond donors (Lipinski definition) is 1. The van der Waals surface area contributed by atoms with Crippen molar-refractivity contribution in [3.63, 3.8) is 0 Å². The fraction of sp³-hybridized carbons (Fsp3) is 0.417. The van der Waals surface area contributed by atoms with Crippen LogP contribution in [0.1, 0.15) is 29.4 Å². The second-order valence-corrected chi connectivity index (χ2v) is 3.78. The molecule has 0 aromatic carbocycles. The van der Waals surface area contributed by atoms with Crippen LogP contribution in [-0.4, -0.2) is 38.9 Å². The maximum absolute atomic E-state index is 12.0. The molecule has 0 saturated carbocycles. The topological polar surface area (TPSA) is 76.7 Å². The SMILES string of the molecule is CCOC(=O)c1c(CCCO)cnc2ccnn12. The number of aliphatic hydroxyl groups excluding tert-OH is 1. The van der Waals surface area contributed by atoms with Crippen LogP contribution in [0, 0.1) is 0 Å². The Morgan fingerprint density at radius 3 is 3.11 bits per heavy atom. The highest BCUT2D eigenvalue weighted by atomic mass is 16.5. The summed E-state index contributed by atoms with van der Waals surface area (Å²) in [5.74, 6) is -0.415. The van der Waals surface area contributed by atoms with Crippen molar-refractivity contribution >= 4 is 11.6 Å². The van der Waals surface area contributed by atoms with E-state index in [1.165, 1.54) is 4.52 Å². The number of ether oxygens (including phenoxy) is 1. The lowest BCUT2D eigenvalue weighted by atomic mass is 10.1. The molecule has 0 amide bonds. The molecule has 0 bridgehead atoms. The lowest BCUT2D eigenvalue weighted by molar-refractivity contribution is 0.0514. The molecule has 0 aliphatic heterocycles. The van der Waals surface area contributed by atoms with E-state index in [-0.39, 0.29) is 6.61 Å². The molecule has 2 rings (SSSR count). The highest BCUT2D eigenvalue weighted by Crippen LogP contribution is 2.13. The number of aryl methyl sites for hydroxylation is 1. The van der Waals surface area contributed by atoms with E-state index < -0.39 is 5.97 Å². The first-order valence-electron chi connectivity index (χ1n) is 5.87. The van der Waals surface area contributed by atoms with Gasteiger partial charge >= 0.3 is 5.97 Å². The standard InChI is InChI=1S/C12H15N3O3/c1-2-18-12(17)11-9(4-3-7-16)8-13-10-5-6-14-15(10)11/h5-6,8,16H,2-4,7H2,1H3. The van der Waals surface area contributed by atoms with E-state index in [9.17, 15) is 4.79 Å². The van der Waals surface area contributed by atoms with Gasteiger partial charge in [-0.25, -0.2) is 14.3 Å². The van der Waals surface area contributed by atoms with Gasteiger partial charge in [0.15, 0.2) is 11.3 Å². The second kappa shape index (κ2) is 5.59. The summed E-state index contributed by atoms with van der Waals surface area (Å²) in [7, 11) is 0. The fourth-order valence-electron chi connectivity index (χ4n) is 1.78. The predicted octanol–water partition coefficient (Wildman–Crippen LogP) is 0.831. The number of nitrogens with zero attached hydrogens (tertiary/aromatic N) is 3. The molecule has 0 spiro atoms. The fourth-order valence-corrected chi connectivity index (χ4v) is 1.78. The van der Waals surface area contributed by atoms with Crippen molar-refractivity contribution in [2.24, 2.45) is 0 Å². The minimum Gasteiger partial charge on any atom is -0.461 e. The third kappa shape index (κ3) is 2.33. The van der Waals surface area contributed by atoms with Gasteiger partial charge in [0.25, 0.3) is 0 Å². The van der Waals surface area contributed by atoms with Crippen LogP contribution in [0.15, 0.2) is 18.5 Å². The lowest BCUT2D eigenvalue weighted by Crippen LogP contribution is -2.15. The van der Waals surface area contributed by atoms with Gasteiger partial charge in [-0.1, -0.05) is 0 Å². The first-order valence-corrected chi connectivity index (χ1v) is 5.87. The summed E-state index contributed by atoms with van der Waals surface area (Å²) >= 11 is 0. The molecule has 96 valence electrons. The third-order valence-electron chi connectivity index (χ3n) is 2.56. The average Bonchev–Trinajstić information content (AvgIpc) is 2.83. The summed E-state index contributed by atoms with van der Waals surface area (Å²) in [6.45, 7) is 2.13. The number of aliphatic hydroxyl groups is 1. The van der Waals surface area contributed by atoms with Gasteiger partial charge in [-0.2, -0.15) is 5.10 Å². The summed E-state index contributed by atoms with van der Waals surface area (Å²) in [6, 6.07) is 1.72. The summed E-state index contributed by atoms with van der Waals surface area (Å²) in [5, 5.41) is 13.0. The first-order chi connectivity index (χ1) is 8.77. The smallest absolute Gasteiger partial charge is 0.357 e. The summed E-state index contributed by atoms with van der Waals surface area (Å²) < 4.78 is 6.51. The monoisotopic (exact) mass is 249 g/mol. The minimum atomic E-state index is -0.415. The minimum absolute atomic E-state index is 0.0689. The molecule has 18 heavy (non-hydrogen) atoms. The molecule has 1 N–H and O–H groups in total. The van der Waals surface area contributed by atoms with E-state index in [4.69, 9.17) is 9.84 Å². The van der Waals surface area contributed by atoms with Crippen molar-refractivity contribution in [1.82, 2.24) is 14.6 Å². The number of aromatic nitrogens is 3. The molecule has 0 atom stereocenters. The van der Waals surface area contributed by atoms with Crippen LogP contribution in [-0.2, 0) is 11.2 Å². The number of carbonyl (C=O) groups excluding carboxylic acids is 1. The van der Waals surface area contributed by atoms with Gasteiger partial charge in [-0.3, -0.25) is 0 Å². The van der Waals surface area contributed by atoms with E-state index in [2.05, 4.69) is 10.1 Å². The molecule has 6 nitrogen and oxygen atoms in total. The zero-order valence-corrected chi connectivity index (χ0v) is 10.2. The molecular formula is C12H15N3O3. The van der Waals surface area contributed by atoms with Crippen LogP contribution in [0.4, 0.5) is 0 Å². The second-order valence-electron chi connectivity index (χ2n) is 3.78. The van der Waals surface area contributed by atoms with E-state index in [1.807, 2.05) is 0 Å². The number of fused-ring (bicyclic) bond motifs is 1. The third-order valence-corrected chi connectivity index (χ3v) is 2.56. The lowest BCUT2D eigenvalue weighted by Gasteiger charge is -2.09. The molecule has 6 heteroatoms. The Hall–Kier alpha value is -1.95. The van der Waals surface area contributed by atoms with Gasteiger partial charge in [-0.15, -0.1) is 0 Å². The van der Waals surface area contributed by atoms with Gasteiger partial charge in [0.2, 0.25) is 0 Å². The Morgan fingerprint density at radius 1 is 1.56 bits per heavy atom. The number of hydrogen-bond acceptors (Lipinski definition) is 5. The molecule has 2 aromatic rings. The number of rotatable bonds is 5. The molecular weight excluding hydrogens is 234 g/mol. The highest BCUT2D eigenvalue weighted by Gasteiger charge is 2.18. The Kier molecular flexibility index (Phi) is 3.88. The van der Waals surface area contributed by atoms with Crippen molar-refractivity contribution in [3.05, 3.63) is 29.7 Å². The van der Waals surface area contributed by atoms with Crippen molar-refractivity contribution in [2.45, 2.75) is 19.8 Å². The van der Waals surface area contributed by atoms with Gasteiger partial charge in [0, 0.05) is 24.4 Å². The van der Waals surface area contributed by atoms with E-state index >= 15 is 0 Å². The normalized spacial score (nSPS) is 10.8. The maximum atomic E-state index is 12.0.